The quantitative estimate of drug-likeness (QED) is 0.0280. The minimum atomic E-state index is -2.24. The monoisotopic (exact) mass is 1170 g/mol. The molecule has 450 valence electrons. The second-order valence-electron chi connectivity index (χ2n) is 18.0. The van der Waals surface area contributed by atoms with E-state index in [9.17, 15) is 102 Å². The van der Waals surface area contributed by atoms with Gasteiger partial charge in [0.05, 0.1) is 57.8 Å². The Hall–Kier alpha value is -10.3. The molecule has 0 bridgehead atoms. The number of hydrogen-bond donors (Lipinski definition) is 17. The van der Waals surface area contributed by atoms with E-state index in [0.29, 0.717) is 11.1 Å². The van der Waals surface area contributed by atoms with E-state index >= 15 is 0 Å². The van der Waals surface area contributed by atoms with Crippen LogP contribution in [-0.2, 0) is 89.6 Å². The van der Waals surface area contributed by atoms with E-state index in [2.05, 4.69) is 33.2 Å². The lowest BCUT2D eigenvalue weighted by molar-refractivity contribution is -0.144. The number of benzene rings is 2. The van der Waals surface area contributed by atoms with Gasteiger partial charge in [-0.1, -0.05) is 67.2 Å². The van der Waals surface area contributed by atoms with Crippen LogP contribution in [0.25, 0.3) is 0 Å². The van der Waals surface area contributed by atoms with Crippen LogP contribution < -0.4 is 58.5 Å². The average Bonchev–Trinajstić information content (AvgIpc) is 3.55. The lowest BCUT2D eigenvalue weighted by Gasteiger charge is -2.27. The molecule has 2 rings (SSSR count). The van der Waals surface area contributed by atoms with E-state index in [0.717, 1.165) is 0 Å². The van der Waals surface area contributed by atoms with Crippen LogP contribution in [0.5, 0.6) is 0 Å². The third-order valence-corrected chi connectivity index (χ3v) is 11.3. The van der Waals surface area contributed by atoms with Crippen LogP contribution in [0, 0.1) is 0 Å². The summed E-state index contributed by atoms with van der Waals surface area (Å²) in [4.78, 5) is 202. The molecular formula is C50H63N11O22. The zero-order valence-electron chi connectivity index (χ0n) is 44.4. The highest BCUT2D eigenvalue weighted by Gasteiger charge is 2.36. The maximum Gasteiger partial charge on any atom is 0.330 e. The number of nitrogens with one attached hydrogen (secondary N) is 11. The van der Waals surface area contributed by atoms with Crippen LogP contribution >= 0.6 is 0 Å². The number of aliphatic carboxylic acids is 6. The highest BCUT2D eigenvalue weighted by atomic mass is 16.4. The molecule has 0 fully saturated rings. The predicted octanol–water partition coefficient (Wildman–Crippen LogP) is -6.16. The van der Waals surface area contributed by atoms with Crippen molar-refractivity contribution < 1.29 is 107 Å². The number of carboxylic acid groups (broad SMARTS) is 6. The van der Waals surface area contributed by atoms with Gasteiger partial charge in [-0.05, 0) is 30.7 Å². The number of hydrogen-bond acceptors (Lipinski definition) is 17. The molecule has 0 saturated heterocycles. The molecule has 0 aliphatic rings. The Bertz CT molecular complexity index is 2750. The van der Waals surface area contributed by atoms with Crippen molar-refractivity contribution >= 4 is 94.9 Å². The zero-order chi connectivity index (χ0) is 62.5. The lowest BCUT2D eigenvalue weighted by atomic mass is 10.0. The number of carbonyl (C=O) groups excluding carboxylic acids is 10. The van der Waals surface area contributed by atoms with E-state index in [4.69, 9.17) is 5.11 Å². The van der Waals surface area contributed by atoms with Gasteiger partial charge < -0.3 is 89.1 Å². The van der Waals surface area contributed by atoms with Gasteiger partial charge in [-0.3, -0.25) is 71.9 Å². The van der Waals surface area contributed by atoms with E-state index in [1.54, 1.807) is 60.7 Å². The fraction of sp³-hybridized carbons (Fsp3) is 0.400. The molecular weight excluding hydrogens is 1110 g/mol. The lowest BCUT2D eigenvalue weighted by Crippen LogP contribution is -2.60. The summed E-state index contributed by atoms with van der Waals surface area (Å²) >= 11 is 0. The molecule has 10 amide bonds. The number of carbonyl (C=O) groups is 16. The van der Waals surface area contributed by atoms with Crippen molar-refractivity contribution in [3.05, 3.63) is 83.9 Å². The molecule has 83 heavy (non-hydrogen) atoms. The summed E-state index contributed by atoms with van der Waals surface area (Å²) < 4.78 is 0. The molecule has 0 aliphatic carbocycles. The summed E-state index contributed by atoms with van der Waals surface area (Å²) in [5, 5.41) is 80.2. The zero-order valence-corrected chi connectivity index (χ0v) is 44.4. The van der Waals surface area contributed by atoms with Crippen LogP contribution in [0.15, 0.2) is 72.8 Å². The Morgan fingerprint density at radius 3 is 1.01 bits per heavy atom. The molecule has 0 saturated carbocycles. The molecule has 33 heteroatoms. The molecule has 0 heterocycles. The highest BCUT2D eigenvalue weighted by Crippen LogP contribution is 2.10. The summed E-state index contributed by atoms with van der Waals surface area (Å²) in [6.45, 7) is 2.11. The average molecular weight is 1170 g/mol. The largest absolute Gasteiger partial charge is 0.481 e. The highest BCUT2D eigenvalue weighted by molar-refractivity contribution is 6.00. The van der Waals surface area contributed by atoms with E-state index in [1.807, 2.05) is 31.9 Å². The number of likely N-dealkylation sites (N-methyl/N-ethyl adjacent to an activating group) is 1. The van der Waals surface area contributed by atoms with Crippen LogP contribution in [0.3, 0.4) is 0 Å². The van der Waals surface area contributed by atoms with E-state index in [1.165, 1.54) is 14.0 Å². The van der Waals surface area contributed by atoms with Gasteiger partial charge in [0.25, 0.3) is 0 Å². The number of amides is 10. The Morgan fingerprint density at radius 1 is 0.373 bits per heavy atom. The first kappa shape index (κ1) is 68.8. The fourth-order valence-electron chi connectivity index (χ4n) is 7.17. The van der Waals surface area contributed by atoms with Gasteiger partial charge in [-0.2, -0.15) is 0 Å². The molecule has 2 aromatic rings. The maximum atomic E-state index is 14.1. The molecule has 17 N–H and O–H groups in total. The molecule has 0 aromatic heterocycles. The van der Waals surface area contributed by atoms with Gasteiger partial charge >= 0.3 is 35.8 Å². The van der Waals surface area contributed by atoms with Gasteiger partial charge in [0.2, 0.25) is 59.1 Å². The summed E-state index contributed by atoms with van der Waals surface area (Å²) in [5.41, 5.74) is 0.937. The Kier molecular flexibility index (Phi) is 28.7. The first-order valence-corrected chi connectivity index (χ1v) is 24.6. The van der Waals surface area contributed by atoms with Crippen molar-refractivity contribution in [1.29, 1.82) is 0 Å². The van der Waals surface area contributed by atoms with Crippen molar-refractivity contribution in [2.24, 2.45) is 0 Å². The maximum absolute atomic E-state index is 14.1. The molecule has 0 aliphatic heterocycles. The summed E-state index contributed by atoms with van der Waals surface area (Å²) in [6.07, 6.45) is -6.05. The van der Waals surface area contributed by atoms with Crippen molar-refractivity contribution in [1.82, 2.24) is 58.5 Å². The smallest absolute Gasteiger partial charge is 0.330 e. The molecule has 0 unspecified atom stereocenters. The summed E-state index contributed by atoms with van der Waals surface area (Å²) in [6, 6.07) is 1.55. The standard InChI is InChI=1S/C50H63N11O22/c1-24(2)42(50(82)83)61-49(81)29(15-26-12-8-5-9-13-26)57-45(77)28(14-25-10-6-4-7-11-25)56-47(79)32(19-40(71)72)60-48(80)33(20-41(73)74)59-46(78)31(18-39(69)70)55-36(64)23-53-34(62)21-52-35(63)22-54-43(75)30(17-38(67)68)58-44(76)27(51-3)16-37(65)66/h4-13,27-33,42,51H,1,14-23H2,2-3H3,(H,52,63)(H,53,62)(H,54,75)(H,55,64)(H,56,79)(H,57,77)(H,58,76)(H,59,78)(H,60,80)(H,61,81)(H,65,66)(H,67,68)(H,69,70)(H,71,72)(H,73,74)(H,82,83)/t27-,28-,29-,30-,31-,32-,33-,42-/m0/s1. The number of rotatable bonds is 37. The minimum absolute atomic E-state index is 0.0323. The fourth-order valence-corrected chi connectivity index (χ4v) is 7.17. The third kappa shape index (κ3) is 26.4. The Balaban J connectivity index is 2.23. The molecule has 0 radical (unpaired) electrons. The van der Waals surface area contributed by atoms with Gasteiger partial charge in [-0.15, -0.1) is 0 Å². The summed E-state index contributed by atoms with van der Waals surface area (Å²) in [5.74, 6) is -21.8. The van der Waals surface area contributed by atoms with E-state index < -0.39 is 195 Å². The van der Waals surface area contributed by atoms with Crippen molar-refractivity contribution in [3.8, 4) is 0 Å². The van der Waals surface area contributed by atoms with Gasteiger partial charge in [0, 0.05) is 12.8 Å². The molecule has 8 atom stereocenters. The Labute approximate surface area is 470 Å². The second-order valence-corrected chi connectivity index (χ2v) is 18.0. The van der Waals surface area contributed by atoms with Crippen LogP contribution in [0.2, 0.25) is 0 Å². The first-order valence-electron chi connectivity index (χ1n) is 24.6. The van der Waals surface area contributed by atoms with Crippen molar-refractivity contribution in [2.45, 2.75) is 100 Å². The van der Waals surface area contributed by atoms with Crippen LogP contribution in [0.1, 0.15) is 50.2 Å². The summed E-state index contributed by atoms with van der Waals surface area (Å²) in [7, 11) is 1.23. The SMILES string of the molecule is C=C(C)[C@H](NC(=O)[C@H](Cc1ccccc1)NC(=O)[C@H](Cc1ccccc1)NC(=O)[C@H](CC(=O)O)NC(=O)[C@H](CC(=O)O)NC(=O)[C@H](CC(=O)O)NC(=O)CNC(=O)CNC(=O)CNC(=O)[C@H](CC(=O)O)NC(=O)[C@H](CC(=O)O)NC)C(=O)O. The normalized spacial score (nSPS) is 13.5. The topological polar surface area (TPSA) is 527 Å². The molecule has 2 aromatic carbocycles. The van der Waals surface area contributed by atoms with Crippen molar-refractivity contribution in [3.63, 3.8) is 0 Å². The predicted molar refractivity (Wildman–Crippen MR) is 279 cm³/mol. The first-order chi connectivity index (χ1) is 39.0. The Morgan fingerprint density at radius 2 is 0.663 bits per heavy atom. The molecule has 33 nitrogen and oxygen atoms in total. The number of carboxylic acids is 6. The van der Waals surface area contributed by atoms with Gasteiger partial charge in [0.1, 0.15) is 42.3 Å². The van der Waals surface area contributed by atoms with Crippen LogP contribution in [-0.4, -0.2) is 201 Å². The molecule has 0 spiro atoms. The second kappa shape index (κ2) is 34.6. The van der Waals surface area contributed by atoms with Crippen LogP contribution in [0.4, 0.5) is 0 Å². The van der Waals surface area contributed by atoms with E-state index in [-0.39, 0.29) is 18.4 Å². The van der Waals surface area contributed by atoms with Gasteiger partial charge in [-0.25, -0.2) is 4.79 Å². The minimum Gasteiger partial charge on any atom is -0.481 e. The van der Waals surface area contributed by atoms with Crippen molar-refractivity contribution in [2.75, 3.05) is 26.7 Å². The van der Waals surface area contributed by atoms with Gasteiger partial charge in [0.15, 0.2) is 0 Å². The third-order valence-electron chi connectivity index (χ3n) is 11.3.